The first kappa shape index (κ1) is 21.1. The molecule has 4 aliphatic rings. The molecule has 1 amide bonds. The minimum absolute atomic E-state index is 0.111. The number of rotatable bonds is 6. The fourth-order valence-electron chi connectivity index (χ4n) is 6.68. The zero-order valence-corrected chi connectivity index (χ0v) is 18.6. The van der Waals surface area contributed by atoms with Gasteiger partial charge in [0.2, 0.25) is 0 Å². The van der Waals surface area contributed by atoms with Gasteiger partial charge in [-0.05, 0) is 101 Å². The lowest BCUT2D eigenvalue weighted by atomic mass is 9.68. The number of hydrogen-bond acceptors (Lipinski definition) is 3. The van der Waals surface area contributed by atoms with Gasteiger partial charge in [0.25, 0.3) is 5.91 Å². The second-order valence-corrected chi connectivity index (χ2v) is 10.0. The molecule has 5 rings (SSSR count). The number of nitrogens with zero attached hydrogens (tertiary/aromatic N) is 2. The van der Waals surface area contributed by atoms with Crippen molar-refractivity contribution in [2.75, 3.05) is 32.7 Å². The Morgan fingerprint density at radius 2 is 1.97 bits per heavy atom. The van der Waals surface area contributed by atoms with Crippen LogP contribution < -0.4 is 5.32 Å². The molecule has 2 bridgehead atoms. The summed E-state index contributed by atoms with van der Waals surface area (Å²) in [5, 5.41) is 2.98. The van der Waals surface area contributed by atoms with Crippen molar-refractivity contribution >= 4 is 5.91 Å². The van der Waals surface area contributed by atoms with E-state index in [2.05, 4.69) is 21.2 Å². The fraction of sp³-hybridized carbons (Fsp3) is 0.654. The zero-order chi connectivity index (χ0) is 21.2. The summed E-state index contributed by atoms with van der Waals surface area (Å²) in [6, 6.07) is 7.23. The van der Waals surface area contributed by atoms with Crippen molar-refractivity contribution in [1.29, 1.82) is 0 Å². The van der Waals surface area contributed by atoms with Crippen LogP contribution in [0.2, 0.25) is 0 Å². The number of benzene rings is 1. The van der Waals surface area contributed by atoms with E-state index in [1.165, 1.54) is 70.3 Å². The summed E-state index contributed by atoms with van der Waals surface area (Å²) < 4.78 is 13.0. The SMILES string of the molecule is O=C(NCCCCN1CCCC2=C[C@H]3C[C@H](CN4CCCC[C@H]34)[C@@H]21)c1ccc(F)cc1. The van der Waals surface area contributed by atoms with Crippen molar-refractivity contribution in [2.45, 2.75) is 63.5 Å². The highest BCUT2D eigenvalue weighted by molar-refractivity contribution is 5.94. The van der Waals surface area contributed by atoms with Gasteiger partial charge in [0.1, 0.15) is 5.82 Å². The Hall–Kier alpha value is -1.72. The number of piperidine rings is 3. The first-order valence-electron chi connectivity index (χ1n) is 12.4. The van der Waals surface area contributed by atoms with E-state index in [4.69, 9.17) is 0 Å². The minimum Gasteiger partial charge on any atom is -0.352 e. The van der Waals surface area contributed by atoms with Gasteiger partial charge in [-0.3, -0.25) is 14.6 Å². The second kappa shape index (κ2) is 9.41. The molecule has 3 saturated heterocycles. The third kappa shape index (κ3) is 4.58. The molecule has 1 N–H and O–H groups in total. The molecule has 31 heavy (non-hydrogen) atoms. The lowest BCUT2D eigenvalue weighted by molar-refractivity contribution is -0.000934. The molecule has 4 nitrogen and oxygen atoms in total. The first-order valence-corrected chi connectivity index (χ1v) is 12.4. The second-order valence-electron chi connectivity index (χ2n) is 10.0. The van der Waals surface area contributed by atoms with Crippen LogP contribution in [0, 0.1) is 17.7 Å². The normalized spacial score (nSPS) is 30.8. The number of halogens is 1. The van der Waals surface area contributed by atoms with Gasteiger partial charge < -0.3 is 5.32 Å². The summed E-state index contributed by atoms with van der Waals surface area (Å²) in [5.41, 5.74) is 2.26. The van der Waals surface area contributed by atoms with Crippen LogP contribution in [0.3, 0.4) is 0 Å². The van der Waals surface area contributed by atoms with Gasteiger partial charge in [0.15, 0.2) is 0 Å². The Labute approximate surface area is 185 Å². The summed E-state index contributed by atoms with van der Waals surface area (Å²) in [5.74, 6) is 1.18. The number of hydrogen-bond donors (Lipinski definition) is 1. The van der Waals surface area contributed by atoms with Gasteiger partial charge in [-0.25, -0.2) is 4.39 Å². The van der Waals surface area contributed by atoms with Crippen molar-refractivity contribution in [1.82, 2.24) is 15.1 Å². The van der Waals surface area contributed by atoms with Crippen LogP contribution in [0.15, 0.2) is 35.9 Å². The maximum atomic E-state index is 13.0. The van der Waals surface area contributed by atoms with Crippen LogP contribution in [0.4, 0.5) is 4.39 Å². The fourth-order valence-corrected chi connectivity index (χ4v) is 6.68. The van der Waals surface area contributed by atoms with E-state index in [0.29, 0.717) is 18.2 Å². The number of carbonyl (C=O) groups is 1. The Balaban J connectivity index is 1.12. The van der Waals surface area contributed by atoms with Crippen molar-refractivity contribution in [3.05, 3.63) is 47.3 Å². The third-order valence-corrected chi connectivity index (χ3v) is 8.03. The molecule has 168 valence electrons. The highest BCUT2D eigenvalue weighted by atomic mass is 19.1. The van der Waals surface area contributed by atoms with Crippen molar-refractivity contribution in [2.24, 2.45) is 11.8 Å². The van der Waals surface area contributed by atoms with Gasteiger partial charge in [-0.1, -0.05) is 18.1 Å². The van der Waals surface area contributed by atoms with Crippen molar-refractivity contribution in [3.63, 3.8) is 0 Å². The van der Waals surface area contributed by atoms with Crippen LogP contribution in [0.1, 0.15) is 61.7 Å². The summed E-state index contributed by atoms with van der Waals surface area (Å²) in [7, 11) is 0. The summed E-state index contributed by atoms with van der Waals surface area (Å²) in [6.07, 6.45) is 13.0. The van der Waals surface area contributed by atoms with E-state index < -0.39 is 0 Å². The van der Waals surface area contributed by atoms with Crippen molar-refractivity contribution < 1.29 is 9.18 Å². The van der Waals surface area contributed by atoms with Gasteiger partial charge >= 0.3 is 0 Å². The van der Waals surface area contributed by atoms with Crippen LogP contribution in [-0.2, 0) is 0 Å². The molecule has 0 unspecified atom stereocenters. The van der Waals surface area contributed by atoms with E-state index in [9.17, 15) is 9.18 Å². The van der Waals surface area contributed by atoms with Crippen LogP contribution in [0.25, 0.3) is 0 Å². The number of nitrogens with one attached hydrogen (secondary N) is 1. The van der Waals surface area contributed by atoms with Crippen LogP contribution >= 0.6 is 0 Å². The molecular formula is C26H36FN3O. The highest BCUT2D eigenvalue weighted by Gasteiger charge is 2.45. The maximum Gasteiger partial charge on any atom is 0.251 e. The molecule has 3 fully saturated rings. The Morgan fingerprint density at radius 1 is 1.10 bits per heavy atom. The molecule has 0 spiro atoms. The molecule has 1 aromatic carbocycles. The molecule has 0 aromatic heterocycles. The molecule has 4 atom stereocenters. The quantitative estimate of drug-likeness (QED) is 0.547. The number of unbranched alkanes of at least 4 members (excludes halogenated alkanes) is 1. The predicted octanol–water partition coefficient (Wildman–Crippen LogP) is 4.23. The minimum atomic E-state index is -0.311. The largest absolute Gasteiger partial charge is 0.352 e. The molecule has 3 heterocycles. The number of fused-ring (bicyclic) bond motifs is 6. The summed E-state index contributed by atoms with van der Waals surface area (Å²) in [6.45, 7) is 5.63. The summed E-state index contributed by atoms with van der Waals surface area (Å²) >= 11 is 0. The van der Waals surface area contributed by atoms with Gasteiger partial charge in [-0.2, -0.15) is 0 Å². The smallest absolute Gasteiger partial charge is 0.251 e. The highest BCUT2D eigenvalue weighted by Crippen LogP contribution is 2.44. The van der Waals surface area contributed by atoms with E-state index >= 15 is 0 Å². The van der Waals surface area contributed by atoms with Gasteiger partial charge in [0.05, 0.1) is 0 Å². The third-order valence-electron chi connectivity index (χ3n) is 8.03. The maximum absolute atomic E-state index is 13.0. The van der Waals surface area contributed by atoms with Crippen LogP contribution in [-0.4, -0.2) is 60.5 Å². The van der Waals surface area contributed by atoms with E-state index in [-0.39, 0.29) is 11.7 Å². The van der Waals surface area contributed by atoms with Gasteiger partial charge in [0, 0.05) is 30.7 Å². The first-order chi connectivity index (χ1) is 15.2. The average Bonchev–Trinajstić information content (AvgIpc) is 2.79. The van der Waals surface area contributed by atoms with E-state index in [1.54, 1.807) is 17.7 Å². The Morgan fingerprint density at radius 3 is 2.84 bits per heavy atom. The monoisotopic (exact) mass is 425 g/mol. The number of amides is 1. The Bertz CT molecular complexity index is 807. The number of carbonyl (C=O) groups excluding carboxylic acids is 1. The topological polar surface area (TPSA) is 35.6 Å². The van der Waals surface area contributed by atoms with E-state index in [1.807, 2.05) is 0 Å². The molecular weight excluding hydrogens is 389 g/mol. The number of likely N-dealkylation sites (tertiary alicyclic amines) is 1. The molecule has 0 radical (unpaired) electrons. The molecule has 5 heteroatoms. The molecule has 0 saturated carbocycles. The van der Waals surface area contributed by atoms with E-state index in [0.717, 1.165) is 37.3 Å². The standard InChI is InChI=1S/C26H36FN3O/c27-23-10-8-19(9-11-23)26(31)28-12-2-4-13-29-15-5-6-20-16-21-17-22(25(20)29)18-30-14-3-1-7-24(21)30/h8-11,16,21-22,24-25H,1-7,12-15,17-18H2,(H,28,31)/t21-,22+,24+,25+/m0/s1. The lowest BCUT2D eigenvalue weighted by Crippen LogP contribution is -2.59. The lowest BCUT2D eigenvalue weighted by Gasteiger charge is -2.55. The zero-order valence-electron chi connectivity index (χ0n) is 18.6. The van der Waals surface area contributed by atoms with Gasteiger partial charge in [-0.15, -0.1) is 0 Å². The molecule has 3 aliphatic heterocycles. The average molecular weight is 426 g/mol. The van der Waals surface area contributed by atoms with Crippen LogP contribution in [0.5, 0.6) is 0 Å². The summed E-state index contributed by atoms with van der Waals surface area (Å²) in [4.78, 5) is 17.8. The molecule has 1 aromatic rings. The molecule has 1 aliphatic carbocycles. The van der Waals surface area contributed by atoms with Crippen molar-refractivity contribution in [3.8, 4) is 0 Å². The Kier molecular flexibility index (Phi) is 6.42. The predicted molar refractivity (Wildman–Crippen MR) is 121 cm³/mol.